The first-order valence-electron chi connectivity index (χ1n) is 7.66. The zero-order valence-corrected chi connectivity index (χ0v) is 12.5. The number of carbonyl (C=O) groups is 1. The van der Waals surface area contributed by atoms with Crippen LogP contribution in [-0.2, 0) is 16.1 Å². The monoisotopic (exact) mass is 294 g/mol. The van der Waals surface area contributed by atoms with Crippen LogP contribution in [0.2, 0.25) is 0 Å². The number of hydrogen-bond donors (Lipinski definition) is 2. The van der Waals surface area contributed by atoms with Crippen molar-refractivity contribution in [3.63, 3.8) is 0 Å². The van der Waals surface area contributed by atoms with Crippen LogP contribution in [0.3, 0.4) is 0 Å². The lowest BCUT2D eigenvalue weighted by Crippen LogP contribution is -2.07. The molecule has 1 rings (SSSR count). The summed E-state index contributed by atoms with van der Waals surface area (Å²) in [5, 5.41) is 17.7. The van der Waals surface area contributed by atoms with Crippen molar-refractivity contribution in [1.29, 1.82) is 0 Å². The molecule has 0 aliphatic carbocycles. The number of hydrogen-bond acceptors (Lipinski definition) is 3. The summed E-state index contributed by atoms with van der Waals surface area (Å²) in [7, 11) is 0. The van der Waals surface area contributed by atoms with E-state index in [0.717, 1.165) is 25.9 Å². The van der Waals surface area contributed by atoms with E-state index in [9.17, 15) is 4.79 Å². The van der Waals surface area contributed by atoms with Gasteiger partial charge in [0, 0.05) is 19.6 Å². The standard InChI is InChI=1S/C17H26O4/c18-12-11-15(9-10-17(19)20)6-4-5-13-21-14-16-7-2-1-3-8-16/h1-3,7-8,15,18H,4-6,9-14H2,(H,19,20)/t15-/m0/s1. The van der Waals surface area contributed by atoms with E-state index >= 15 is 0 Å². The second kappa shape index (κ2) is 11.3. The summed E-state index contributed by atoms with van der Waals surface area (Å²) >= 11 is 0. The fourth-order valence-corrected chi connectivity index (χ4v) is 2.34. The van der Waals surface area contributed by atoms with Gasteiger partial charge in [-0.3, -0.25) is 4.79 Å². The van der Waals surface area contributed by atoms with Crippen LogP contribution in [0, 0.1) is 5.92 Å². The second-order valence-electron chi connectivity index (χ2n) is 5.34. The Bertz CT molecular complexity index is 378. The Morgan fingerprint density at radius 1 is 1.10 bits per heavy atom. The average Bonchev–Trinajstić information content (AvgIpc) is 2.49. The molecule has 1 aromatic rings. The molecule has 0 spiro atoms. The van der Waals surface area contributed by atoms with E-state index in [-0.39, 0.29) is 13.0 Å². The van der Waals surface area contributed by atoms with E-state index in [1.165, 1.54) is 5.56 Å². The molecule has 4 heteroatoms. The van der Waals surface area contributed by atoms with Crippen molar-refractivity contribution in [2.24, 2.45) is 5.92 Å². The summed E-state index contributed by atoms with van der Waals surface area (Å²) in [4.78, 5) is 10.6. The average molecular weight is 294 g/mol. The molecule has 0 fully saturated rings. The van der Waals surface area contributed by atoms with E-state index < -0.39 is 5.97 Å². The van der Waals surface area contributed by atoms with Crippen molar-refractivity contribution in [3.05, 3.63) is 35.9 Å². The Morgan fingerprint density at radius 3 is 2.52 bits per heavy atom. The molecule has 2 N–H and O–H groups in total. The van der Waals surface area contributed by atoms with E-state index in [1.807, 2.05) is 30.3 Å². The zero-order valence-electron chi connectivity index (χ0n) is 12.5. The number of aliphatic carboxylic acids is 1. The van der Waals surface area contributed by atoms with Crippen LogP contribution in [0.15, 0.2) is 30.3 Å². The predicted octanol–water partition coefficient (Wildman–Crippen LogP) is 3.24. The Morgan fingerprint density at radius 2 is 1.86 bits per heavy atom. The van der Waals surface area contributed by atoms with Gasteiger partial charge >= 0.3 is 5.97 Å². The highest BCUT2D eigenvalue weighted by Crippen LogP contribution is 2.18. The Balaban J connectivity index is 2.06. The van der Waals surface area contributed by atoms with E-state index in [2.05, 4.69) is 0 Å². The molecule has 0 amide bonds. The van der Waals surface area contributed by atoms with Crippen molar-refractivity contribution >= 4 is 5.97 Å². The molecular formula is C17H26O4. The molecule has 0 heterocycles. The van der Waals surface area contributed by atoms with Gasteiger partial charge in [-0.2, -0.15) is 0 Å². The molecule has 1 atom stereocenters. The maximum absolute atomic E-state index is 10.6. The predicted molar refractivity (Wildman–Crippen MR) is 82.0 cm³/mol. The van der Waals surface area contributed by atoms with Crippen LogP contribution in [-0.4, -0.2) is 29.4 Å². The van der Waals surface area contributed by atoms with Crippen molar-refractivity contribution in [2.45, 2.75) is 45.1 Å². The molecule has 1 aromatic carbocycles. The van der Waals surface area contributed by atoms with Crippen LogP contribution in [0.5, 0.6) is 0 Å². The fraction of sp³-hybridized carbons (Fsp3) is 0.588. The quantitative estimate of drug-likeness (QED) is 0.581. The number of benzene rings is 1. The van der Waals surface area contributed by atoms with Crippen LogP contribution in [0.25, 0.3) is 0 Å². The summed E-state index contributed by atoms with van der Waals surface area (Å²) in [6.07, 6.45) is 4.48. The van der Waals surface area contributed by atoms with Crippen LogP contribution in [0.4, 0.5) is 0 Å². The number of ether oxygens (including phenoxy) is 1. The summed E-state index contributed by atoms with van der Waals surface area (Å²) in [5.41, 5.74) is 1.18. The molecule has 0 aliphatic rings. The minimum Gasteiger partial charge on any atom is -0.481 e. The molecule has 0 aliphatic heterocycles. The maximum Gasteiger partial charge on any atom is 0.303 e. The summed E-state index contributed by atoms with van der Waals surface area (Å²) in [5.74, 6) is -0.454. The second-order valence-corrected chi connectivity index (χ2v) is 5.34. The van der Waals surface area contributed by atoms with Crippen molar-refractivity contribution in [3.8, 4) is 0 Å². The van der Waals surface area contributed by atoms with Crippen LogP contribution in [0.1, 0.15) is 44.1 Å². The Labute approximate surface area is 126 Å². The number of unbranched alkanes of at least 4 members (excludes halogenated alkanes) is 1. The lowest BCUT2D eigenvalue weighted by atomic mass is 9.94. The van der Waals surface area contributed by atoms with Crippen LogP contribution < -0.4 is 0 Å². The largest absolute Gasteiger partial charge is 0.481 e. The fourth-order valence-electron chi connectivity index (χ4n) is 2.34. The first kappa shape index (κ1) is 17.7. The minimum absolute atomic E-state index is 0.134. The third-order valence-corrected chi connectivity index (χ3v) is 3.57. The van der Waals surface area contributed by atoms with E-state index in [0.29, 0.717) is 25.4 Å². The molecule has 4 nitrogen and oxygen atoms in total. The highest BCUT2D eigenvalue weighted by Gasteiger charge is 2.10. The lowest BCUT2D eigenvalue weighted by Gasteiger charge is -2.14. The normalized spacial score (nSPS) is 12.2. The summed E-state index contributed by atoms with van der Waals surface area (Å²) in [6, 6.07) is 10.1. The Kier molecular flexibility index (Phi) is 9.49. The molecule has 21 heavy (non-hydrogen) atoms. The van der Waals surface area contributed by atoms with Crippen molar-refractivity contribution in [2.75, 3.05) is 13.2 Å². The molecule has 118 valence electrons. The molecule has 0 unspecified atom stereocenters. The van der Waals surface area contributed by atoms with Gasteiger partial charge in [-0.25, -0.2) is 0 Å². The SMILES string of the molecule is O=C(O)CC[C@@H](CCO)CCCCOCc1ccccc1. The van der Waals surface area contributed by atoms with Gasteiger partial charge in [0.1, 0.15) is 0 Å². The number of carboxylic acid groups (broad SMARTS) is 1. The van der Waals surface area contributed by atoms with Crippen molar-refractivity contribution < 1.29 is 19.7 Å². The molecule has 0 saturated carbocycles. The van der Waals surface area contributed by atoms with E-state index in [1.54, 1.807) is 0 Å². The smallest absolute Gasteiger partial charge is 0.303 e. The highest BCUT2D eigenvalue weighted by molar-refractivity contribution is 5.66. The van der Waals surface area contributed by atoms with Gasteiger partial charge in [-0.1, -0.05) is 43.2 Å². The third kappa shape index (κ3) is 9.21. The molecule has 0 bridgehead atoms. The van der Waals surface area contributed by atoms with Gasteiger partial charge < -0.3 is 14.9 Å². The molecule has 0 saturated heterocycles. The van der Waals surface area contributed by atoms with Crippen LogP contribution >= 0.6 is 0 Å². The number of aliphatic hydroxyl groups is 1. The molecular weight excluding hydrogens is 268 g/mol. The van der Waals surface area contributed by atoms with Gasteiger partial charge in [0.25, 0.3) is 0 Å². The van der Waals surface area contributed by atoms with E-state index in [4.69, 9.17) is 14.9 Å². The lowest BCUT2D eigenvalue weighted by molar-refractivity contribution is -0.137. The molecule has 0 radical (unpaired) electrons. The summed E-state index contributed by atoms with van der Waals surface area (Å²) < 4.78 is 5.62. The van der Waals surface area contributed by atoms with Gasteiger partial charge in [-0.15, -0.1) is 0 Å². The van der Waals surface area contributed by atoms with Gasteiger partial charge in [0.05, 0.1) is 6.61 Å². The van der Waals surface area contributed by atoms with Gasteiger partial charge in [-0.05, 0) is 30.7 Å². The zero-order chi connectivity index (χ0) is 15.3. The highest BCUT2D eigenvalue weighted by atomic mass is 16.5. The van der Waals surface area contributed by atoms with Crippen molar-refractivity contribution in [1.82, 2.24) is 0 Å². The van der Waals surface area contributed by atoms with Gasteiger partial charge in [0.15, 0.2) is 0 Å². The number of aliphatic hydroxyl groups excluding tert-OH is 1. The molecule has 0 aromatic heterocycles. The summed E-state index contributed by atoms with van der Waals surface area (Å²) in [6.45, 7) is 1.49. The number of rotatable bonds is 12. The van der Waals surface area contributed by atoms with Gasteiger partial charge in [0.2, 0.25) is 0 Å². The minimum atomic E-state index is -0.760. The first-order valence-corrected chi connectivity index (χ1v) is 7.66. The topological polar surface area (TPSA) is 66.8 Å². The Hall–Kier alpha value is -1.39. The maximum atomic E-state index is 10.6. The number of carboxylic acids is 1. The first-order chi connectivity index (χ1) is 10.2. The third-order valence-electron chi connectivity index (χ3n) is 3.57.